The Labute approximate surface area is 71.9 Å². The maximum atomic E-state index is 11.2. The fraction of sp³-hybridized carbons (Fsp3) is 0.875. The number of piperidine rings is 1. The third kappa shape index (κ3) is 1.95. The van der Waals surface area contributed by atoms with Crippen molar-refractivity contribution in [3.05, 3.63) is 0 Å². The molecule has 1 aliphatic heterocycles. The van der Waals surface area contributed by atoms with E-state index in [-0.39, 0.29) is 0 Å². The summed E-state index contributed by atoms with van der Waals surface area (Å²) in [5.74, 6) is -0.551. The Morgan fingerprint density at radius 2 is 2.42 bits per heavy atom. The molecule has 0 aromatic rings. The number of esters is 1. The molecule has 0 aromatic heterocycles. The van der Waals surface area contributed by atoms with Crippen LogP contribution >= 0.6 is 0 Å². The lowest BCUT2D eigenvalue weighted by molar-refractivity contribution is -0.171. The van der Waals surface area contributed by atoms with Gasteiger partial charge in [-0.1, -0.05) is 0 Å². The summed E-state index contributed by atoms with van der Waals surface area (Å²) in [4.78, 5) is 11.2. The summed E-state index contributed by atoms with van der Waals surface area (Å²) < 4.78 is 4.73. The van der Waals surface area contributed by atoms with Gasteiger partial charge in [-0.15, -0.1) is 0 Å². The van der Waals surface area contributed by atoms with Gasteiger partial charge in [-0.25, -0.2) is 4.79 Å². The van der Waals surface area contributed by atoms with E-state index in [1.165, 1.54) is 0 Å². The highest BCUT2D eigenvalue weighted by Crippen LogP contribution is 2.17. The Hall–Kier alpha value is -0.610. The highest BCUT2D eigenvalue weighted by Gasteiger charge is 2.38. The summed E-state index contributed by atoms with van der Waals surface area (Å²) in [7, 11) is 0. The summed E-state index contributed by atoms with van der Waals surface area (Å²) in [5, 5.41) is 12.4. The second kappa shape index (κ2) is 3.87. The van der Waals surface area contributed by atoms with Crippen LogP contribution in [0.2, 0.25) is 0 Å². The van der Waals surface area contributed by atoms with Crippen LogP contribution in [0.3, 0.4) is 0 Å². The van der Waals surface area contributed by atoms with Crippen molar-refractivity contribution in [2.45, 2.75) is 31.9 Å². The van der Waals surface area contributed by atoms with E-state index in [1.54, 1.807) is 6.92 Å². The molecule has 0 radical (unpaired) electrons. The molecule has 12 heavy (non-hydrogen) atoms. The molecule has 1 atom stereocenters. The topological polar surface area (TPSA) is 58.6 Å². The molecule has 1 aliphatic rings. The molecule has 0 bridgehead atoms. The quantitative estimate of drug-likeness (QED) is 0.578. The number of ether oxygens (including phenoxy) is 1. The average molecular weight is 173 g/mol. The van der Waals surface area contributed by atoms with Gasteiger partial charge in [-0.3, -0.25) is 5.32 Å². The largest absolute Gasteiger partial charge is 0.463 e. The Balaban J connectivity index is 2.50. The first kappa shape index (κ1) is 9.48. The van der Waals surface area contributed by atoms with E-state index >= 15 is 0 Å². The van der Waals surface area contributed by atoms with E-state index in [0.29, 0.717) is 19.6 Å². The van der Waals surface area contributed by atoms with Gasteiger partial charge in [0.2, 0.25) is 5.72 Å². The van der Waals surface area contributed by atoms with Gasteiger partial charge < -0.3 is 9.84 Å². The summed E-state index contributed by atoms with van der Waals surface area (Å²) in [6.07, 6.45) is 2.32. The van der Waals surface area contributed by atoms with E-state index in [1.807, 2.05) is 0 Å². The fourth-order valence-corrected chi connectivity index (χ4v) is 1.31. The number of carbonyl (C=O) groups is 1. The van der Waals surface area contributed by atoms with Gasteiger partial charge >= 0.3 is 5.97 Å². The number of carbonyl (C=O) groups excluding carboxylic acids is 1. The van der Waals surface area contributed by atoms with Crippen LogP contribution in [0.5, 0.6) is 0 Å². The molecular weight excluding hydrogens is 158 g/mol. The van der Waals surface area contributed by atoms with Crippen molar-refractivity contribution in [3.63, 3.8) is 0 Å². The molecule has 1 rings (SSSR count). The molecule has 0 saturated carbocycles. The van der Waals surface area contributed by atoms with Gasteiger partial charge in [0.1, 0.15) is 0 Å². The van der Waals surface area contributed by atoms with Gasteiger partial charge in [0.05, 0.1) is 6.61 Å². The lowest BCUT2D eigenvalue weighted by atomic mass is 10.0. The van der Waals surface area contributed by atoms with Crippen LogP contribution in [-0.4, -0.2) is 30.0 Å². The van der Waals surface area contributed by atoms with Gasteiger partial charge in [0.15, 0.2) is 0 Å². The summed E-state index contributed by atoms with van der Waals surface area (Å²) in [5.41, 5.74) is -1.42. The Morgan fingerprint density at radius 3 is 2.92 bits per heavy atom. The van der Waals surface area contributed by atoms with E-state index in [4.69, 9.17) is 4.74 Å². The minimum atomic E-state index is -1.42. The van der Waals surface area contributed by atoms with Crippen molar-refractivity contribution in [3.8, 4) is 0 Å². The summed E-state index contributed by atoms with van der Waals surface area (Å²) >= 11 is 0. The Kier molecular flexibility index (Phi) is 3.05. The van der Waals surface area contributed by atoms with Crippen LogP contribution in [-0.2, 0) is 9.53 Å². The van der Waals surface area contributed by atoms with Crippen LogP contribution < -0.4 is 5.32 Å². The smallest absolute Gasteiger partial charge is 0.353 e. The molecular formula is C8H15NO3. The SMILES string of the molecule is CCOC(=O)C1(O)CCCCN1. The predicted octanol–water partition coefficient (Wildman–Crippen LogP) is 0.0116. The van der Waals surface area contributed by atoms with Crippen molar-refractivity contribution in [2.75, 3.05) is 13.2 Å². The zero-order valence-corrected chi connectivity index (χ0v) is 7.30. The molecule has 70 valence electrons. The standard InChI is InChI=1S/C8H15NO3/c1-2-12-7(10)8(11)5-3-4-6-9-8/h9,11H,2-6H2,1H3. The van der Waals surface area contributed by atoms with Gasteiger partial charge in [0.25, 0.3) is 0 Å². The van der Waals surface area contributed by atoms with Crippen molar-refractivity contribution in [2.24, 2.45) is 0 Å². The molecule has 0 aliphatic carbocycles. The zero-order valence-electron chi connectivity index (χ0n) is 7.30. The number of hydrogen-bond acceptors (Lipinski definition) is 4. The highest BCUT2D eigenvalue weighted by atomic mass is 16.6. The van der Waals surface area contributed by atoms with Gasteiger partial charge in [-0.05, 0) is 26.3 Å². The molecule has 2 N–H and O–H groups in total. The highest BCUT2D eigenvalue weighted by molar-refractivity contribution is 5.78. The monoisotopic (exact) mass is 173 g/mol. The third-order valence-corrected chi connectivity index (χ3v) is 2.00. The van der Waals surface area contributed by atoms with Crippen LogP contribution in [0, 0.1) is 0 Å². The molecule has 1 heterocycles. The summed E-state index contributed by atoms with van der Waals surface area (Å²) in [6, 6.07) is 0. The average Bonchev–Trinajstić information content (AvgIpc) is 2.06. The number of aliphatic hydroxyl groups is 1. The Morgan fingerprint density at radius 1 is 1.67 bits per heavy atom. The minimum absolute atomic E-state index is 0.308. The second-order valence-electron chi connectivity index (χ2n) is 2.96. The second-order valence-corrected chi connectivity index (χ2v) is 2.96. The molecule has 1 saturated heterocycles. The normalized spacial score (nSPS) is 29.8. The van der Waals surface area contributed by atoms with Crippen LogP contribution in [0.1, 0.15) is 26.2 Å². The predicted molar refractivity (Wildman–Crippen MR) is 43.4 cm³/mol. The first-order valence-electron chi connectivity index (χ1n) is 4.33. The van der Waals surface area contributed by atoms with Crippen molar-refractivity contribution in [1.82, 2.24) is 5.32 Å². The van der Waals surface area contributed by atoms with E-state index in [0.717, 1.165) is 12.8 Å². The maximum absolute atomic E-state index is 11.2. The molecule has 4 heteroatoms. The van der Waals surface area contributed by atoms with E-state index < -0.39 is 11.7 Å². The van der Waals surface area contributed by atoms with Crippen LogP contribution in [0.4, 0.5) is 0 Å². The van der Waals surface area contributed by atoms with Crippen LogP contribution in [0.15, 0.2) is 0 Å². The van der Waals surface area contributed by atoms with Crippen molar-refractivity contribution >= 4 is 5.97 Å². The molecule has 0 spiro atoms. The maximum Gasteiger partial charge on any atom is 0.353 e. The zero-order chi connectivity index (χ0) is 9.03. The van der Waals surface area contributed by atoms with E-state index in [9.17, 15) is 9.90 Å². The first-order chi connectivity index (χ1) is 5.69. The lowest BCUT2D eigenvalue weighted by Crippen LogP contribution is -2.55. The fourth-order valence-electron chi connectivity index (χ4n) is 1.31. The molecule has 4 nitrogen and oxygen atoms in total. The number of nitrogens with one attached hydrogen (secondary N) is 1. The molecule has 0 amide bonds. The molecule has 1 fully saturated rings. The molecule has 0 aromatic carbocycles. The van der Waals surface area contributed by atoms with Gasteiger partial charge in [-0.2, -0.15) is 0 Å². The van der Waals surface area contributed by atoms with Gasteiger partial charge in [0, 0.05) is 6.42 Å². The first-order valence-corrected chi connectivity index (χ1v) is 4.33. The number of rotatable bonds is 2. The lowest BCUT2D eigenvalue weighted by Gasteiger charge is -2.30. The van der Waals surface area contributed by atoms with Crippen molar-refractivity contribution < 1.29 is 14.6 Å². The summed E-state index contributed by atoms with van der Waals surface area (Å²) in [6.45, 7) is 2.71. The molecule has 1 unspecified atom stereocenters. The third-order valence-electron chi connectivity index (χ3n) is 2.00. The van der Waals surface area contributed by atoms with E-state index in [2.05, 4.69) is 5.32 Å². The minimum Gasteiger partial charge on any atom is -0.463 e. The number of hydrogen-bond donors (Lipinski definition) is 2. The van der Waals surface area contributed by atoms with Crippen LogP contribution in [0.25, 0.3) is 0 Å². The van der Waals surface area contributed by atoms with Crippen molar-refractivity contribution in [1.29, 1.82) is 0 Å². The Bertz CT molecular complexity index is 164.